The van der Waals surface area contributed by atoms with Gasteiger partial charge in [-0.05, 0) is 43.0 Å². The Morgan fingerprint density at radius 1 is 1.15 bits per heavy atom. The largest absolute Gasteiger partial charge is 0.289 e. The minimum absolute atomic E-state index is 0.335. The fourth-order valence-electron chi connectivity index (χ4n) is 2.72. The lowest BCUT2D eigenvalue weighted by Gasteiger charge is -2.05. The molecule has 0 aliphatic rings. The van der Waals surface area contributed by atoms with Crippen molar-refractivity contribution in [1.29, 1.82) is 0 Å². The molecule has 138 valence electrons. The summed E-state index contributed by atoms with van der Waals surface area (Å²) in [6, 6.07) is 13.7. The van der Waals surface area contributed by atoms with Gasteiger partial charge < -0.3 is 0 Å². The molecule has 27 heavy (non-hydrogen) atoms. The molecule has 0 aliphatic carbocycles. The molecule has 0 aliphatic heterocycles. The van der Waals surface area contributed by atoms with Crippen molar-refractivity contribution in [2.45, 2.75) is 27.2 Å². The first-order valence-corrected chi connectivity index (χ1v) is 8.92. The van der Waals surface area contributed by atoms with Crippen molar-refractivity contribution in [2.24, 2.45) is 11.0 Å². The van der Waals surface area contributed by atoms with E-state index in [1.54, 1.807) is 18.5 Å². The lowest BCUT2D eigenvalue weighted by molar-refractivity contribution is 0.0950. The average molecular weight is 361 g/mol. The van der Waals surface area contributed by atoms with Crippen LogP contribution in [-0.4, -0.2) is 26.8 Å². The number of aromatic amines is 1. The molecule has 0 unspecified atom stereocenters. The van der Waals surface area contributed by atoms with E-state index in [9.17, 15) is 4.79 Å². The number of benzene rings is 1. The van der Waals surface area contributed by atoms with E-state index in [-0.39, 0.29) is 5.91 Å². The molecule has 0 saturated carbocycles. The smallest absolute Gasteiger partial charge is 0.272 e. The van der Waals surface area contributed by atoms with Crippen LogP contribution in [0.25, 0.3) is 11.3 Å². The number of H-pyrrole nitrogens is 1. The maximum atomic E-state index is 12.3. The molecule has 2 heterocycles. The number of hydrazone groups is 1. The molecule has 3 aromatic rings. The molecule has 0 spiro atoms. The number of hydrogen-bond donors (Lipinski definition) is 2. The van der Waals surface area contributed by atoms with Gasteiger partial charge in [-0.3, -0.25) is 14.9 Å². The van der Waals surface area contributed by atoms with E-state index >= 15 is 0 Å². The molecule has 6 nitrogen and oxygen atoms in total. The number of aromatic nitrogens is 3. The first kappa shape index (κ1) is 18.5. The summed E-state index contributed by atoms with van der Waals surface area (Å²) in [7, 11) is 0. The first-order chi connectivity index (χ1) is 13.0. The fourth-order valence-corrected chi connectivity index (χ4v) is 2.72. The maximum Gasteiger partial charge on any atom is 0.289 e. The molecule has 6 heteroatoms. The van der Waals surface area contributed by atoms with Gasteiger partial charge >= 0.3 is 0 Å². The fraction of sp³-hybridized carbons (Fsp3) is 0.238. The Labute approximate surface area is 158 Å². The maximum absolute atomic E-state index is 12.3. The first-order valence-electron chi connectivity index (χ1n) is 8.92. The highest BCUT2D eigenvalue weighted by Gasteiger charge is 2.11. The van der Waals surface area contributed by atoms with Gasteiger partial charge in [0.1, 0.15) is 5.69 Å². The van der Waals surface area contributed by atoms with Crippen molar-refractivity contribution >= 4 is 11.6 Å². The number of hydrogen-bond acceptors (Lipinski definition) is 4. The zero-order valence-corrected chi connectivity index (χ0v) is 15.7. The van der Waals surface area contributed by atoms with Crippen LogP contribution in [0.15, 0.2) is 60.0 Å². The number of rotatable bonds is 6. The molecule has 3 rings (SSSR count). The van der Waals surface area contributed by atoms with Gasteiger partial charge in [-0.1, -0.05) is 38.1 Å². The number of carbonyl (C=O) groups excluding carboxylic acids is 1. The summed E-state index contributed by atoms with van der Waals surface area (Å²) < 4.78 is 0. The van der Waals surface area contributed by atoms with Crippen molar-refractivity contribution in [1.82, 2.24) is 20.6 Å². The number of nitrogens with zero attached hydrogens (tertiary/aromatic N) is 3. The highest BCUT2D eigenvalue weighted by Crippen LogP contribution is 2.19. The van der Waals surface area contributed by atoms with Gasteiger partial charge in [0.2, 0.25) is 0 Å². The SMILES string of the molecule is CC(=NNC(=O)c1cc(-c2ccc(CC(C)C)cc2)n[nH]1)c1ccncc1. The molecule has 0 bridgehead atoms. The number of pyridine rings is 1. The Balaban J connectivity index is 1.67. The van der Waals surface area contributed by atoms with E-state index in [0.717, 1.165) is 23.2 Å². The molecular formula is C21H23N5O. The number of nitrogens with one attached hydrogen (secondary N) is 2. The lowest BCUT2D eigenvalue weighted by Crippen LogP contribution is -2.19. The second-order valence-electron chi connectivity index (χ2n) is 6.84. The van der Waals surface area contributed by atoms with E-state index in [4.69, 9.17) is 0 Å². The third kappa shape index (κ3) is 4.88. The van der Waals surface area contributed by atoms with Crippen LogP contribution in [0.5, 0.6) is 0 Å². The predicted molar refractivity (Wildman–Crippen MR) is 106 cm³/mol. The van der Waals surface area contributed by atoms with Crippen LogP contribution < -0.4 is 5.43 Å². The Morgan fingerprint density at radius 3 is 2.52 bits per heavy atom. The van der Waals surface area contributed by atoms with Gasteiger partial charge in [0, 0.05) is 23.5 Å². The van der Waals surface area contributed by atoms with Gasteiger partial charge in [0.05, 0.1) is 11.4 Å². The van der Waals surface area contributed by atoms with E-state index in [0.29, 0.717) is 17.3 Å². The highest BCUT2D eigenvalue weighted by molar-refractivity contribution is 6.00. The van der Waals surface area contributed by atoms with Crippen LogP contribution in [0.2, 0.25) is 0 Å². The quantitative estimate of drug-likeness (QED) is 0.517. The molecule has 0 atom stereocenters. The van der Waals surface area contributed by atoms with Gasteiger partial charge in [0.25, 0.3) is 5.91 Å². The van der Waals surface area contributed by atoms with Crippen molar-refractivity contribution in [3.8, 4) is 11.3 Å². The van der Waals surface area contributed by atoms with Crippen molar-refractivity contribution in [3.63, 3.8) is 0 Å². The lowest BCUT2D eigenvalue weighted by atomic mass is 10.0. The summed E-state index contributed by atoms with van der Waals surface area (Å²) in [5.74, 6) is 0.284. The molecule has 2 aromatic heterocycles. The molecule has 0 saturated heterocycles. The standard InChI is InChI=1S/C21H23N5O/c1-14(2)12-16-4-6-18(7-5-16)19-13-20(25-24-19)21(27)26-23-15(3)17-8-10-22-11-9-17/h4-11,13-14H,12H2,1-3H3,(H,24,25)(H,26,27). The monoisotopic (exact) mass is 361 g/mol. The Morgan fingerprint density at radius 2 is 1.85 bits per heavy atom. The summed E-state index contributed by atoms with van der Waals surface area (Å²) in [5.41, 5.74) is 7.50. The molecule has 0 radical (unpaired) electrons. The van der Waals surface area contributed by atoms with Crippen molar-refractivity contribution < 1.29 is 4.79 Å². The summed E-state index contributed by atoms with van der Waals surface area (Å²) in [6.07, 6.45) is 4.41. The van der Waals surface area contributed by atoms with E-state index in [1.165, 1.54) is 5.56 Å². The second kappa shape index (κ2) is 8.40. The molecule has 1 aromatic carbocycles. The zero-order chi connectivity index (χ0) is 19.2. The highest BCUT2D eigenvalue weighted by atomic mass is 16.2. The summed E-state index contributed by atoms with van der Waals surface area (Å²) in [4.78, 5) is 16.3. The predicted octanol–water partition coefficient (Wildman–Crippen LogP) is 3.82. The second-order valence-corrected chi connectivity index (χ2v) is 6.84. The van der Waals surface area contributed by atoms with Gasteiger partial charge in [-0.2, -0.15) is 10.2 Å². The van der Waals surface area contributed by atoms with Crippen LogP contribution in [0, 0.1) is 5.92 Å². The number of carbonyl (C=O) groups is 1. The topological polar surface area (TPSA) is 83.0 Å². The van der Waals surface area contributed by atoms with Crippen LogP contribution in [-0.2, 0) is 6.42 Å². The van der Waals surface area contributed by atoms with Crippen molar-refractivity contribution in [2.75, 3.05) is 0 Å². The van der Waals surface area contributed by atoms with E-state index < -0.39 is 0 Å². The molecule has 0 fully saturated rings. The summed E-state index contributed by atoms with van der Waals surface area (Å²) in [6.45, 7) is 6.23. The van der Waals surface area contributed by atoms with Gasteiger partial charge in [-0.15, -0.1) is 0 Å². The molecule has 2 N–H and O–H groups in total. The summed E-state index contributed by atoms with van der Waals surface area (Å²) in [5, 5.41) is 11.1. The minimum atomic E-state index is -0.335. The van der Waals surface area contributed by atoms with Gasteiger partial charge in [-0.25, -0.2) is 5.43 Å². The van der Waals surface area contributed by atoms with Crippen molar-refractivity contribution in [3.05, 3.63) is 71.7 Å². The van der Waals surface area contributed by atoms with Crippen LogP contribution >= 0.6 is 0 Å². The van der Waals surface area contributed by atoms with Gasteiger partial charge in [0.15, 0.2) is 0 Å². The molecular weight excluding hydrogens is 338 g/mol. The zero-order valence-electron chi connectivity index (χ0n) is 15.7. The Bertz CT molecular complexity index is 927. The van der Waals surface area contributed by atoms with Crippen LogP contribution in [0.1, 0.15) is 42.4 Å². The minimum Gasteiger partial charge on any atom is -0.272 e. The van der Waals surface area contributed by atoms with Crippen LogP contribution in [0.3, 0.4) is 0 Å². The average Bonchev–Trinajstić information content (AvgIpc) is 3.17. The number of amides is 1. The van der Waals surface area contributed by atoms with E-state index in [2.05, 4.69) is 51.7 Å². The Kier molecular flexibility index (Phi) is 5.76. The molecule has 1 amide bonds. The third-order valence-corrected chi connectivity index (χ3v) is 4.14. The third-order valence-electron chi connectivity index (χ3n) is 4.14. The van der Waals surface area contributed by atoms with Crippen LogP contribution in [0.4, 0.5) is 0 Å². The normalized spacial score (nSPS) is 11.6. The summed E-state index contributed by atoms with van der Waals surface area (Å²) >= 11 is 0. The van der Waals surface area contributed by atoms with E-state index in [1.807, 2.05) is 31.2 Å². The Hall–Kier alpha value is -3.28.